The van der Waals surface area contributed by atoms with Crippen molar-refractivity contribution >= 4 is 34.1 Å². The van der Waals surface area contributed by atoms with Gasteiger partial charge in [-0.05, 0) is 43.2 Å². The second kappa shape index (κ2) is 8.27. The summed E-state index contributed by atoms with van der Waals surface area (Å²) in [6, 6.07) is 16.2. The number of amides is 1. The highest BCUT2D eigenvalue weighted by molar-refractivity contribution is 7.98. The van der Waals surface area contributed by atoms with Crippen LogP contribution in [0.5, 0.6) is 0 Å². The molecule has 0 fully saturated rings. The number of nitrogens with one attached hydrogen (secondary N) is 1. The first-order valence-electron chi connectivity index (χ1n) is 8.06. The zero-order valence-corrected chi connectivity index (χ0v) is 15.8. The van der Waals surface area contributed by atoms with Crippen LogP contribution >= 0.6 is 23.1 Å². The second-order valence-electron chi connectivity index (χ2n) is 5.61. The highest BCUT2D eigenvalue weighted by atomic mass is 32.2. The summed E-state index contributed by atoms with van der Waals surface area (Å²) < 4.78 is 0. The van der Waals surface area contributed by atoms with Gasteiger partial charge in [-0.15, -0.1) is 22.0 Å². The molecule has 0 aliphatic carbocycles. The van der Waals surface area contributed by atoms with Crippen molar-refractivity contribution in [1.29, 1.82) is 0 Å². The third kappa shape index (κ3) is 4.90. The Balaban J connectivity index is 1.57. The van der Waals surface area contributed by atoms with Gasteiger partial charge in [-0.2, -0.15) is 0 Å². The molecular weight excluding hydrogens is 350 g/mol. The Kier molecular flexibility index (Phi) is 5.83. The Labute approximate surface area is 155 Å². The number of carbonyl (C=O) groups is 1. The number of benzene rings is 2. The summed E-state index contributed by atoms with van der Waals surface area (Å²) >= 11 is 3.20. The molecule has 0 saturated carbocycles. The molecule has 0 saturated heterocycles. The van der Waals surface area contributed by atoms with Gasteiger partial charge in [0.25, 0.3) is 5.91 Å². The molecule has 0 radical (unpaired) electrons. The largest absolute Gasteiger partial charge is 0.296 e. The summed E-state index contributed by atoms with van der Waals surface area (Å²) in [7, 11) is 0. The quantitative estimate of drug-likeness (QED) is 0.624. The van der Waals surface area contributed by atoms with Gasteiger partial charge in [-0.25, -0.2) is 0 Å². The van der Waals surface area contributed by atoms with Crippen molar-refractivity contribution in [3.8, 4) is 0 Å². The summed E-state index contributed by atoms with van der Waals surface area (Å²) in [6.45, 7) is 4.10. The van der Waals surface area contributed by atoms with Gasteiger partial charge >= 0.3 is 0 Å². The maximum atomic E-state index is 12.3. The molecule has 3 aromatic rings. The van der Waals surface area contributed by atoms with Crippen LogP contribution in [0.25, 0.3) is 0 Å². The van der Waals surface area contributed by atoms with Crippen LogP contribution in [-0.2, 0) is 12.2 Å². The van der Waals surface area contributed by atoms with Crippen LogP contribution in [0.4, 0.5) is 5.13 Å². The average molecular weight is 370 g/mol. The fraction of sp³-hybridized carbons (Fsp3) is 0.211. The highest BCUT2D eigenvalue weighted by Gasteiger charge is 2.09. The third-order valence-corrected chi connectivity index (χ3v) is 5.70. The van der Waals surface area contributed by atoms with Crippen molar-refractivity contribution in [2.24, 2.45) is 0 Å². The van der Waals surface area contributed by atoms with Crippen molar-refractivity contribution in [3.05, 3.63) is 70.2 Å². The van der Waals surface area contributed by atoms with Gasteiger partial charge in [0.2, 0.25) is 5.13 Å². The molecule has 0 aliphatic rings. The van der Waals surface area contributed by atoms with Crippen LogP contribution in [0.2, 0.25) is 0 Å². The number of carbonyl (C=O) groups excluding carboxylic acids is 1. The molecule has 0 spiro atoms. The fourth-order valence-electron chi connectivity index (χ4n) is 2.17. The van der Waals surface area contributed by atoms with E-state index in [1.54, 1.807) is 11.8 Å². The van der Waals surface area contributed by atoms with E-state index in [9.17, 15) is 4.79 Å². The van der Waals surface area contributed by atoms with E-state index in [0.29, 0.717) is 10.7 Å². The van der Waals surface area contributed by atoms with Crippen LogP contribution in [0, 0.1) is 6.92 Å². The number of anilines is 1. The van der Waals surface area contributed by atoms with Gasteiger partial charge in [-0.1, -0.05) is 48.1 Å². The summed E-state index contributed by atoms with van der Waals surface area (Å²) in [5, 5.41) is 12.2. The molecule has 4 nitrogen and oxygen atoms in total. The third-order valence-electron chi connectivity index (χ3n) is 3.63. The van der Waals surface area contributed by atoms with Crippen molar-refractivity contribution in [2.45, 2.75) is 30.9 Å². The highest BCUT2D eigenvalue weighted by Crippen LogP contribution is 2.23. The molecule has 2 aromatic carbocycles. The van der Waals surface area contributed by atoms with Crippen molar-refractivity contribution in [2.75, 3.05) is 5.32 Å². The lowest BCUT2D eigenvalue weighted by molar-refractivity contribution is 0.102. The maximum Gasteiger partial charge on any atom is 0.257 e. The summed E-state index contributed by atoms with van der Waals surface area (Å²) in [5.41, 5.74) is 3.07. The first kappa shape index (κ1) is 17.6. The van der Waals surface area contributed by atoms with E-state index < -0.39 is 0 Å². The van der Waals surface area contributed by atoms with Gasteiger partial charge in [0.1, 0.15) is 5.01 Å². The van der Waals surface area contributed by atoms with Crippen molar-refractivity contribution < 1.29 is 4.79 Å². The molecule has 25 heavy (non-hydrogen) atoms. The van der Waals surface area contributed by atoms with Crippen LogP contribution < -0.4 is 5.32 Å². The van der Waals surface area contributed by atoms with E-state index in [1.807, 2.05) is 31.2 Å². The van der Waals surface area contributed by atoms with E-state index >= 15 is 0 Å². The standard InChI is InChI=1S/C19H19N3OS2/c1-3-17-21-22-19(25-17)20-18(23)15-8-6-14(7-9-15)12-24-16-10-4-13(2)5-11-16/h4-11H,3,12H2,1-2H3,(H,20,22,23). The zero-order valence-electron chi connectivity index (χ0n) is 14.2. The zero-order chi connectivity index (χ0) is 17.6. The smallest absolute Gasteiger partial charge is 0.257 e. The molecule has 128 valence electrons. The summed E-state index contributed by atoms with van der Waals surface area (Å²) in [4.78, 5) is 13.5. The topological polar surface area (TPSA) is 54.9 Å². The number of hydrogen-bond donors (Lipinski definition) is 1. The second-order valence-corrected chi connectivity index (χ2v) is 7.72. The van der Waals surface area contributed by atoms with E-state index in [2.05, 4.69) is 46.7 Å². The van der Waals surface area contributed by atoms with Crippen molar-refractivity contribution in [1.82, 2.24) is 10.2 Å². The van der Waals surface area contributed by atoms with Crippen LogP contribution in [-0.4, -0.2) is 16.1 Å². The van der Waals surface area contributed by atoms with Gasteiger partial charge in [0.15, 0.2) is 0 Å². The Morgan fingerprint density at radius 2 is 1.80 bits per heavy atom. The average Bonchev–Trinajstić information content (AvgIpc) is 3.09. The van der Waals surface area contributed by atoms with E-state index in [-0.39, 0.29) is 5.91 Å². The molecule has 3 rings (SSSR count). The predicted octanol–water partition coefficient (Wildman–Crippen LogP) is 4.95. The molecule has 0 aliphatic heterocycles. The summed E-state index contributed by atoms with van der Waals surface area (Å²) in [5.74, 6) is 0.720. The normalized spacial score (nSPS) is 10.6. The molecule has 1 N–H and O–H groups in total. The first-order valence-corrected chi connectivity index (χ1v) is 9.86. The minimum atomic E-state index is -0.156. The molecule has 1 amide bonds. The fourth-order valence-corrected chi connectivity index (χ4v) is 3.70. The Morgan fingerprint density at radius 3 is 2.44 bits per heavy atom. The van der Waals surface area contributed by atoms with Gasteiger partial charge in [0, 0.05) is 16.2 Å². The molecule has 0 unspecified atom stereocenters. The predicted molar refractivity (Wildman–Crippen MR) is 104 cm³/mol. The van der Waals surface area contributed by atoms with E-state index in [1.165, 1.54) is 27.4 Å². The van der Waals surface area contributed by atoms with E-state index in [4.69, 9.17) is 0 Å². The minimum absolute atomic E-state index is 0.156. The number of thioether (sulfide) groups is 1. The van der Waals surface area contributed by atoms with Crippen molar-refractivity contribution in [3.63, 3.8) is 0 Å². The van der Waals surface area contributed by atoms with Crippen LogP contribution in [0.3, 0.4) is 0 Å². The molecule has 0 bridgehead atoms. The first-order chi connectivity index (χ1) is 12.1. The molecule has 1 heterocycles. The van der Waals surface area contributed by atoms with Gasteiger partial charge in [-0.3, -0.25) is 10.1 Å². The number of aryl methyl sites for hydroxylation is 2. The van der Waals surface area contributed by atoms with Crippen LogP contribution in [0.1, 0.15) is 33.4 Å². The Bertz CT molecular complexity index is 842. The lowest BCUT2D eigenvalue weighted by Gasteiger charge is -2.05. The summed E-state index contributed by atoms with van der Waals surface area (Å²) in [6.07, 6.45) is 0.820. The Hall–Kier alpha value is -2.18. The number of rotatable bonds is 6. The lowest BCUT2D eigenvalue weighted by Crippen LogP contribution is -2.11. The SMILES string of the molecule is CCc1nnc(NC(=O)c2ccc(CSc3ccc(C)cc3)cc2)s1. The lowest BCUT2D eigenvalue weighted by atomic mass is 10.1. The molecular formula is C19H19N3OS2. The molecule has 1 aromatic heterocycles. The monoisotopic (exact) mass is 369 g/mol. The maximum absolute atomic E-state index is 12.3. The number of hydrogen-bond acceptors (Lipinski definition) is 5. The number of nitrogens with zero attached hydrogens (tertiary/aromatic N) is 2. The minimum Gasteiger partial charge on any atom is -0.296 e. The Morgan fingerprint density at radius 1 is 1.08 bits per heavy atom. The van der Waals surface area contributed by atoms with Crippen LogP contribution in [0.15, 0.2) is 53.4 Å². The molecule has 0 atom stereocenters. The van der Waals surface area contributed by atoms with Gasteiger partial charge in [0.05, 0.1) is 0 Å². The molecule has 6 heteroatoms. The van der Waals surface area contributed by atoms with E-state index in [0.717, 1.165) is 17.2 Å². The number of aromatic nitrogens is 2. The van der Waals surface area contributed by atoms with Gasteiger partial charge < -0.3 is 0 Å².